The molecule has 1 fully saturated rings. The van der Waals surface area contributed by atoms with Gasteiger partial charge in [-0.25, -0.2) is 0 Å². The van der Waals surface area contributed by atoms with Gasteiger partial charge in [0, 0.05) is 18.8 Å². The van der Waals surface area contributed by atoms with E-state index >= 15 is 0 Å². The maximum atomic E-state index is 11.6. The number of ether oxygens (including phenoxy) is 1. The minimum atomic E-state index is -0.598. The van der Waals surface area contributed by atoms with Crippen molar-refractivity contribution in [3.05, 3.63) is 60.2 Å². The van der Waals surface area contributed by atoms with E-state index in [0.717, 1.165) is 32.1 Å². The number of aliphatic hydroxyl groups excluding tert-OH is 3. The number of allylic oxidation sites excluding steroid dienone is 2. The lowest BCUT2D eigenvalue weighted by molar-refractivity contribution is -0.143. The van der Waals surface area contributed by atoms with E-state index in [-0.39, 0.29) is 17.8 Å². The van der Waals surface area contributed by atoms with Crippen molar-refractivity contribution in [1.82, 2.24) is 0 Å². The van der Waals surface area contributed by atoms with Crippen molar-refractivity contribution in [3.8, 4) is 0 Å². The molecule has 5 nitrogen and oxygen atoms in total. The van der Waals surface area contributed by atoms with Crippen LogP contribution in [0, 0.1) is 11.8 Å². The molecule has 5 heteroatoms. The number of aryl methyl sites for hydroxylation is 1. The standard InChI is InChI=1S/C27H40O5/c1-2-3-19-32-27(31)14-10-5-4-9-13-23-24(26(30)20-25(23)29)18-17-22(28)16-15-21-11-7-6-8-12-21/h4,6-9,11-12,17-18,22-26,28-30H,2-3,5,10,13-16,19-20H2,1H3/t22-,23+,24?,25-,26+/m0/s1. The summed E-state index contributed by atoms with van der Waals surface area (Å²) in [6.45, 7) is 2.57. The van der Waals surface area contributed by atoms with Gasteiger partial charge in [0.05, 0.1) is 24.9 Å². The van der Waals surface area contributed by atoms with Gasteiger partial charge in [-0.1, -0.05) is 68.0 Å². The van der Waals surface area contributed by atoms with Crippen LogP contribution in [0.2, 0.25) is 0 Å². The predicted octanol–water partition coefficient (Wildman–Crippen LogP) is 4.35. The number of aliphatic hydroxyl groups is 3. The molecule has 1 aliphatic carbocycles. The second-order valence-electron chi connectivity index (χ2n) is 8.76. The van der Waals surface area contributed by atoms with Gasteiger partial charge in [-0.05, 0) is 50.0 Å². The Morgan fingerprint density at radius 2 is 1.94 bits per heavy atom. The molecule has 178 valence electrons. The van der Waals surface area contributed by atoms with Crippen LogP contribution in [0.1, 0.15) is 63.9 Å². The lowest BCUT2D eigenvalue weighted by Crippen LogP contribution is -2.20. The first-order chi connectivity index (χ1) is 15.5. The summed E-state index contributed by atoms with van der Waals surface area (Å²) in [6.07, 6.45) is 12.3. The van der Waals surface area contributed by atoms with Crippen LogP contribution >= 0.6 is 0 Å². The third-order valence-electron chi connectivity index (χ3n) is 6.13. The normalized spacial score (nSPS) is 24.4. The van der Waals surface area contributed by atoms with E-state index in [2.05, 4.69) is 6.92 Å². The maximum Gasteiger partial charge on any atom is 0.305 e. The van der Waals surface area contributed by atoms with Crippen molar-refractivity contribution in [2.24, 2.45) is 11.8 Å². The molecule has 2 rings (SSSR count). The number of carbonyl (C=O) groups is 1. The van der Waals surface area contributed by atoms with Gasteiger partial charge in [0.2, 0.25) is 0 Å². The topological polar surface area (TPSA) is 87.0 Å². The highest BCUT2D eigenvalue weighted by Crippen LogP contribution is 2.36. The fraction of sp³-hybridized carbons (Fsp3) is 0.593. The van der Waals surface area contributed by atoms with E-state index in [0.29, 0.717) is 32.3 Å². The second-order valence-corrected chi connectivity index (χ2v) is 8.76. The molecular weight excluding hydrogens is 404 g/mol. The minimum absolute atomic E-state index is 0.0715. The molecule has 3 N–H and O–H groups in total. The lowest BCUT2D eigenvalue weighted by Gasteiger charge is -2.19. The third-order valence-corrected chi connectivity index (χ3v) is 6.13. The minimum Gasteiger partial charge on any atom is -0.466 e. The van der Waals surface area contributed by atoms with E-state index in [9.17, 15) is 20.1 Å². The van der Waals surface area contributed by atoms with Crippen molar-refractivity contribution < 1.29 is 24.9 Å². The summed E-state index contributed by atoms with van der Waals surface area (Å²) in [5.74, 6) is -0.385. The van der Waals surface area contributed by atoms with E-state index in [1.165, 1.54) is 5.56 Å². The molecule has 0 spiro atoms. The number of carbonyl (C=O) groups excluding carboxylic acids is 1. The molecule has 1 aliphatic rings. The summed E-state index contributed by atoms with van der Waals surface area (Å²) in [5, 5.41) is 31.1. The van der Waals surface area contributed by atoms with Crippen LogP contribution < -0.4 is 0 Å². The summed E-state index contributed by atoms with van der Waals surface area (Å²) in [6, 6.07) is 10.1. The summed E-state index contributed by atoms with van der Waals surface area (Å²) < 4.78 is 5.15. The Labute approximate surface area is 192 Å². The molecular formula is C27H40O5. The number of benzene rings is 1. The van der Waals surface area contributed by atoms with Crippen LogP contribution in [0.3, 0.4) is 0 Å². The molecule has 1 unspecified atom stereocenters. The van der Waals surface area contributed by atoms with Crippen molar-refractivity contribution in [2.75, 3.05) is 6.61 Å². The van der Waals surface area contributed by atoms with Crippen LogP contribution in [0.15, 0.2) is 54.6 Å². The maximum absolute atomic E-state index is 11.6. The molecule has 0 aromatic heterocycles. The van der Waals surface area contributed by atoms with Gasteiger partial charge in [-0.15, -0.1) is 0 Å². The SMILES string of the molecule is CCCCOC(=O)CCCC=CC[C@@H]1C(C=C[C@@H](O)CCc2ccccc2)[C@H](O)C[C@@H]1O. The fourth-order valence-electron chi connectivity index (χ4n) is 4.16. The van der Waals surface area contributed by atoms with Gasteiger partial charge >= 0.3 is 5.97 Å². The highest BCUT2D eigenvalue weighted by atomic mass is 16.5. The zero-order chi connectivity index (χ0) is 23.2. The average molecular weight is 445 g/mol. The van der Waals surface area contributed by atoms with Crippen LogP contribution in [0.25, 0.3) is 0 Å². The summed E-state index contributed by atoms with van der Waals surface area (Å²) >= 11 is 0. The van der Waals surface area contributed by atoms with Crippen LogP contribution in [0.4, 0.5) is 0 Å². The third kappa shape index (κ3) is 9.68. The Kier molecular flexibility index (Phi) is 12.3. The van der Waals surface area contributed by atoms with Gasteiger partial charge in [-0.3, -0.25) is 4.79 Å². The Bertz CT molecular complexity index is 699. The van der Waals surface area contributed by atoms with E-state index < -0.39 is 18.3 Å². The molecule has 0 saturated heterocycles. The Morgan fingerprint density at radius 1 is 1.16 bits per heavy atom. The van der Waals surface area contributed by atoms with Crippen molar-refractivity contribution >= 4 is 5.97 Å². The van der Waals surface area contributed by atoms with Gasteiger partial charge in [0.15, 0.2) is 0 Å². The zero-order valence-corrected chi connectivity index (χ0v) is 19.3. The molecule has 0 amide bonds. The van der Waals surface area contributed by atoms with Crippen LogP contribution in [0.5, 0.6) is 0 Å². The Hall–Kier alpha value is -1.95. The lowest BCUT2D eigenvalue weighted by atomic mass is 9.89. The molecule has 32 heavy (non-hydrogen) atoms. The Morgan fingerprint density at radius 3 is 2.69 bits per heavy atom. The molecule has 1 saturated carbocycles. The van der Waals surface area contributed by atoms with Crippen molar-refractivity contribution in [1.29, 1.82) is 0 Å². The fourth-order valence-corrected chi connectivity index (χ4v) is 4.16. The van der Waals surface area contributed by atoms with E-state index in [1.807, 2.05) is 48.6 Å². The van der Waals surface area contributed by atoms with Gasteiger partial charge < -0.3 is 20.1 Å². The number of esters is 1. The second kappa shape index (κ2) is 15.0. The van der Waals surface area contributed by atoms with Gasteiger partial charge in [0.1, 0.15) is 0 Å². The first-order valence-electron chi connectivity index (χ1n) is 12.1. The molecule has 0 heterocycles. The summed E-state index contributed by atoms with van der Waals surface area (Å²) in [7, 11) is 0. The molecule has 0 radical (unpaired) electrons. The van der Waals surface area contributed by atoms with Crippen molar-refractivity contribution in [2.45, 2.75) is 83.0 Å². The zero-order valence-electron chi connectivity index (χ0n) is 19.3. The summed E-state index contributed by atoms with van der Waals surface area (Å²) in [4.78, 5) is 11.6. The van der Waals surface area contributed by atoms with E-state index in [4.69, 9.17) is 4.74 Å². The number of hydrogen-bond donors (Lipinski definition) is 3. The number of unbranched alkanes of at least 4 members (excludes halogenated alkanes) is 2. The largest absolute Gasteiger partial charge is 0.466 e. The molecule has 0 bridgehead atoms. The van der Waals surface area contributed by atoms with Gasteiger partial charge in [-0.2, -0.15) is 0 Å². The quantitative estimate of drug-likeness (QED) is 0.226. The van der Waals surface area contributed by atoms with Gasteiger partial charge in [0.25, 0.3) is 0 Å². The van der Waals surface area contributed by atoms with Crippen LogP contribution in [-0.4, -0.2) is 46.2 Å². The van der Waals surface area contributed by atoms with Crippen LogP contribution in [-0.2, 0) is 16.0 Å². The smallest absolute Gasteiger partial charge is 0.305 e. The Balaban J connectivity index is 1.73. The number of rotatable bonds is 14. The number of hydrogen-bond acceptors (Lipinski definition) is 5. The molecule has 1 aromatic rings. The molecule has 0 aliphatic heterocycles. The molecule has 5 atom stereocenters. The highest BCUT2D eigenvalue weighted by Gasteiger charge is 2.39. The monoisotopic (exact) mass is 444 g/mol. The average Bonchev–Trinajstić information content (AvgIpc) is 3.06. The summed E-state index contributed by atoms with van der Waals surface area (Å²) in [5.41, 5.74) is 1.19. The molecule has 1 aromatic carbocycles. The first kappa shape index (κ1) is 26.3. The first-order valence-corrected chi connectivity index (χ1v) is 12.1. The predicted molar refractivity (Wildman–Crippen MR) is 127 cm³/mol. The highest BCUT2D eigenvalue weighted by molar-refractivity contribution is 5.69. The van der Waals surface area contributed by atoms with E-state index in [1.54, 1.807) is 6.08 Å². The van der Waals surface area contributed by atoms with Crippen molar-refractivity contribution in [3.63, 3.8) is 0 Å².